The number of ether oxygens (including phenoxy) is 2. The van der Waals surface area contributed by atoms with Gasteiger partial charge in [0.05, 0.1) is 11.5 Å². The van der Waals surface area contributed by atoms with E-state index >= 15 is 0 Å². The number of hydrogen-bond donors (Lipinski definition) is 1. The summed E-state index contributed by atoms with van der Waals surface area (Å²) < 4.78 is 10.5. The second-order valence-corrected chi connectivity index (χ2v) is 5.00. The van der Waals surface area contributed by atoms with Crippen LogP contribution in [0.1, 0.15) is 10.4 Å². The standard InChI is InChI=1S/C16H14N2O5/c19-16(11-5-2-1-3-6-11)17-13-7-4-8-14(15(13)18(20)21)23-10-12-9-22-12/h1-8,12H,9-10H2,(H,17,19). The number of hydrogen-bond acceptors (Lipinski definition) is 5. The van der Waals surface area contributed by atoms with Crippen molar-refractivity contribution >= 4 is 17.3 Å². The monoisotopic (exact) mass is 314 g/mol. The molecule has 1 amide bonds. The van der Waals surface area contributed by atoms with E-state index in [9.17, 15) is 14.9 Å². The maximum atomic E-state index is 12.2. The van der Waals surface area contributed by atoms with Gasteiger partial charge in [-0.2, -0.15) is 0 Å². The van der Waals surface area contributed by atoms with Crippen LogP contribution in [-0.4, -0.2) is 30.1 Å². The first kappa shape index (κ1) is 15.0. The summed E-state index contributed by atoms with van der Waals surface area (Å²) in [5.74, 6) is -0.312. The topological polar surface area (TPSA) is 94.0 Å². The zero-order valence-electron chi connectivity index (χ0n) is 12.1. The first-order chi connectivity index (χ1) is 11.1. The number of amides is 1. The molecule has 3 rings (SSSR count). The van der Waals surface area contributed by atoms with Crippen molar-refractivity contribution in [3.05, 3.63) is 64.2 Å². The Bertz CT molecular complexity index is 729. The van der Waals surface area contributed by atoms with Crippen molar-refractivity contribution < 1.29 is 19.2 Å². The minimum Gasteiger partial charge on any atom is -0.484 e. The summed E-state index contributed by atoms with van der Waals surface area (Å²) >= 11 is 0. The predicted octanol–water partition coefficient (Wildman–Crippen LogP) is 2.62. The van der Waals surface area contributed by atoms with Gasteiger partial charge in [0, 0.05) is 5.56 Å². The Hall–Kier alpha value is -2.93. The smallest absolute Gasteiger partial charge is 0.334 e. The van der Waals surface area contributed by atoms with E-state index in [1.165, 1.54) is 12.1 Å². The molecule has 1 saturated heterocycles. The van der Waals surface area contributed by atoms with Crippen molar-refractivity contribution in [3.8, 4) is 5.75 Å². The molecule has 0 spiro atoms. The molecule has 2 aromatic carbocycles. The molecule has 1 fully saturated rings. The minimum absolute atomic E-state index is 0.0165. The highest BCUT2D eigenvalue weighted by Gasteiger charge is 2.27. The van der Waals surface area contributed by atoms with Crippen LogP contribution in [0, 0.1) is 10.1 Å². The maximum absolute atomic E-state index is 12.2. The van der Waals surface area contributed by atoms with E-state index in [1.54, 1.807) is 36.4 Å². The van der Waals surface area contributed by atoms with Crippen molar-refractivity contribution in [1.29, 1.82) is 0 Å². The normalized spacial score (nSPS) is 15.7. The van der Waals surface area contributed by atoms with Gasteiger partial charge in [-0.25, -0.2) is 0 Å². The molecule has 7 nitrogen and oxygen atoms in total. The number of nitro groups is 1. The van der Waals surface area contributed by atoms with E-state index in [2.05, 4.69) is 5.32 Å². The van der Waals surface area contributed by atoms with Crippen LogP contribution in [0.3, 0.4) is 0 Å². The van der Waals surface area contributed by atoms with Gasteiger partial charge < -0.3 is 14.8 Å². The van der Waals surface area contributed by atoms with Gasteiger partial charge in [-0.3, -0.25) is 14.9 Å². The highest BCUT2D eigenvalue weighted by atomic mass is 16.6. The van der Waals surface area contributed by atoms with Crippen LogP contribution in [0.5, 0.6) is 5.75 Å². The van der Waals surface area contributed by atoms with Gasteiger partial charge in [-0.15, -0.1) is 0 Å². The van der Waals surface area contributed by atoms with E-state index in [4.69, 9.17) is 9.47 Å². The van der Waals surface area contributed by atoms with Crippen molar-refractivity contribution in [1.82, 2.24) is 0 Å². The SMILES string of the molecule is O=C(Nc1cccc(OCC2CO2)c1[N+](=O)[O-])c1ccccc1. The quantitative estimate of drug-likeness (QED) is 0.502. The molecule has 1 N–H and O–H groups in total. The van der Waals surface area contributed by atoms with Crippen LogP contribution in [0.4, 0.5) is 11.4 Å². The lowest BCUT2D eigenvalue weighted by Crippen LogP contribution is -2.14. The number of carbonyl (C=O) groups excluding carboxylic acids is 1. The minimum atomic E-state index is -0.566. The van der Waals surface area contributed by atoms with Gasteiger partial charge >= 0.3 is 5.69 Å². The first-order valence-corrected chi connectivity index (χ1v) is 7.03. The largest absolute Gasteiger partial charge is 0.484 e. The fraction of sp³-hybridized carbons (Fsp3) is 0.188. The lowest BCUT2D eigenvalue weighted by molar-refractivity contribution is -0.384. The van der Waals surface area contributed by atoms with Gasteiger partial charge in [-0.1, -0.05) is 24.3 Å². The van der Waals surface area contributed by atoms with Crippen molar-refractivity contribution in [2.45, 2.75) is 6.10 Å². The number of epoxide rings is 1. The van der Waals surface area contributed by atoms with E-state index in [0.29, 0.717) is 12.2 Å². The predicted molar refractivity (Wildman–Crippen MR) is 82.7 cm³/mol. The lowest BCUT2D eigenvalue weighted by atomic mass is 10.2. The zero-order valence-corrected chi connectivity index (χ0v) is 12.1. The Labute approximate surface area is 132 Å². The molecule has 2 aromatic rings. The average molecular weight is 314 g/mol. The molecule has 1 heterocycles. The first-order valence-electron chi connectivity index (χ1n) is 7.03. The van der Waals surface area contributed by atoms with Crippen LogP contribution in [-0.2, 0) is 4.74 Å². The fourth-order valence-electron chi connectivity index (χ4n) is 2.06. The summed E-state index contributed by atoms with van der Waals surface area (Å²) in [6.07, 6.45) is -0.0165. The molecule has 0 radical (unpaired) electrons. The summed E-state index contributed by atoms with van der Waals surface area (Å²) in [4.78, 5) is 23.0. The average Bonchev–Trinajstić information content (AvgIpc) is 3.38. The highest BCUT2D eigenvalue weighted by molar-refractivity contribution is 6.05. The molecular formula is C16H14N2O5. The second kappa shape index (κ2) is 6.45. The van der Waals surface area contributed by atoms with Gasteiger partial charge in [0.2, 0.25) is 0 Å². The molecule has 1 unspecified atom stereocenters. The number of nitrogens with one attached hydrogen (secondary N) is 1. The van der Waals surface area contributed by atoms with E-state index < -0.39 is 10.8 Å². The molecule has 23 heavy (non-hydrogen) atoms. The third-order valence-corrected chi connectivity index (χ3v) is 3.29. The number of carbonyl (C=O) groups is 1. The third kappa shape index (κ3) is 3.64. The Balaban J connectivity index is 1.84. The van der Waals surface area contributed by atoms with E-state index in [0.717, 1.165) is 0 Å². The van der Waals surface area contributed by atoms with E-state index in [1.807, 2.05) is 0 Å². The van der Waals surface area contributed by atoms with Crippen LogP contribution in [0.25, 0.3) is 0 Å². The number of anilines is 1. The molecule has 0 aliphatic carbocycles. The summed E-state index contributed by atoms with van der Waals surface area (Å²) in [5.41, 5.74) is 0.245. The summed E-state index contributed by atoms with van der Waals surface area (Å²) in [6, 6.07) is 13.1. The molecule has 0 saturated carbocycles. The number of nitro benzene ring substituents is 1. The zero-order chi connectivity index (χ0) is 16.2. The van der Waals surface area contributed by atoms with Crippen LogP contribution in [0.2, 0.25) is 0 Å². The number of rotatable bonds is 6. The Morgan fingerprint density at radius 2 is 2.00 bits per heavy atom. The van der Waals surface area contributed by atoms with Crippen molar-refractivity contribution in [3.63, 3.8) is 0 Å². The lowest BCUT2D eigenvalue weighted by Gasteiger charge is -2.10. The molecule has 1 aliphatic heterocycles. The molecule has 0 aromatic heterocycles. The second-order valence-electron chi connectivity index (χ2n) is 5.00. The van der Waals surface area contributed by atoms with Crippen molar-refractivity contribution in [2.75, 3.05) is 18.5 Å². The van der Waals surface area contributed by atoms with Crippen LogP contribution < -0.4 is 10.1 Å². The third-order valence-electron chi connectivity index (χ3n) is 3.29. The number of nitrogens with zero attached hydrogens (tertiary/aromatic N) is 1. The summed E-state index contributed by atoms with van der Waals surface area (Å²) in [7, 11) is 0. The summed E-state index contributed by atoms with van der Waals surface area (Å²) in [5, 5.41) is 13.9. The van der Waals surface area contributed by atoms with Gasteiger partial charge in [0.1, 0.15) is 18.4 Å². The van der Waals surface area contributed by atoms with Gasteiger partial charge in [-0.05, 0) is 24.3 Å². The van der Waals surface area contributed by atoms with E-state index in [-0.39, 0.29) is 29.8 Å². The van der Waals surface area contributed by atoms with Gasteiger partial charge in [0.15, 0.2) is 5.75 Å². The number of benzene rings is 2. The van der Waals surface area contributed by atoms with Crippen LogP contribution >= 0.6 is 0 Å². The molecule has 118 valence electrons. The molecular weight excluding hydrogens is 300 g/mol. The fourth-order valence-corrected chi connectivity index (χ4v) is 2.06. The number of para-hydroxylation sites is 1. The molecule has 0 bridgehead atoms. The maximum Gasteiger partial charge on any atom is 0.334 e. The highest BCUT2D eigenvalue weighted by Crippen LogP contribution is 2.35. The van der Waals surface area contributed by atoms with Gasteiger partial charge in [0.25, 0.3) is 5.91 Å². The van der Waals surface area contributed by atoms with Crippen molar-refractivity contribution in [2.24, 2.45) is 0 Å². The Morgan fingerprint density at radius 3 is 2.65 bits per heavy atom. The molecule has 1 atom stereocenters. The molecule has 1 aliphatic rings. The van der Waals surface area contributed by atoms with Crippen LogP contribution in [0.15, 0.2) is 48.5 Å². The Kier molecular flexibility index (Phi) is 4.20. The molecule has 7 heteroatoms. The summed E-state index contributed by atoms with van der Waals surface area (Å²) in [6.45, 7) is 0.842. The Morgan fingerprint density at radius 1 is 1.26 bits per heavy atom.